The molecule has 2 heterocycles. The first-order valence-corrected chi connectivity index (χ1v) is 11.8. The third kappa shape index (κ3) is 4.52. The van der Waals surface area contributed by atoms with E-state index in [9.17, 15) is 9.90 Å². The summed E-state index contributed by atoms with van der Waals surface area (Å²) in [6.07, 6.45) is 1.78. The molecule has 1 fully saturated rings. The summed E-state index contributed by atoms with van der Waals surface area (Å²) in [5.74, 6) is 1.94. The fourth-order valence-corrected chi connectivity index (χ4v) is 4.83. The van der Waals surface area contributed by atoms with Crippen LogP contribution in [0.5, 0.6) is 17.2 Å². The first kappa shape index (κ1) is 22.7. The molecule has 0 unspecified atom stereocenters. The molecule has 0 atom stereocenters. The standard InChI is InChI=1S/C29H28N2O4/c1-34-27-12-9-21(17-28(27)35-2)26-18-24(23-5-3-4-6-25(23)30-26)29(33)31-15-13-20(14-16-31)19-7-10-22(32)11-8-19/h3-12,17-18,20,32H,13-16H2,1-2H3. The lowest BCUT2D eigenvalue weighted by Crippen LogP contribution is -2.38. The Morgan fingerprint density at radius 1 is 0.914 bits per heavy atom. The van der Waals surface area contributed by atoms with E-state index in [0.29, 0.717) is 41.8 Å². The zero-order valence-electron chi connectivity index (χ0n) is 19.9. The van der Waals surface area contributed by atoms with Gasteiger partial charge in [-0.05, 0) is 66.8 Å². The highest BCUT2D eigenvalue weighted by Crippen LogP contribution is 2.34. The Morgan fingerprint density at radius 2 is 1.63 bits per heavy atom. The van der Waals surface area contributed by atoms with Gasteiger partial charge in [0.25, 0.3) is 5.91 Å². The van der Waals surface area contributed by atoms with Crippen LogP contribution in [0, 0.1) is 0 Å². The summed E-state index contributed by atoms with van der Waals surface area (Å²) in [5, 5.41) is 10.4. The van der Waals surface area contributed by atoms with Gasteiger partial charge in [0, 0.05) is 24.0 Å². The summed E-state index contributed by atoms with van der Waals surface area (Å²) in [5.41, 5.74) is 4.21. The molecule has 178 valence electrons. The van der Waals surface area contributed by atoms with E-state index < -0.39 is 0 Å². The largest absolute Gasteiger partial charge is 0.508 e. The Kier molecular flexibility index (Phi) is 6.27. The Labute approximate surface area is 204 Å². The molecule has 1 aliphatic heterocycles. The van der Waals surface area contributed by atoms with E-state index in [1.165, 1.54) is 5.56 Å². The molecule has 3 aromatic carbocycles. The lowest BCUT2D eigenvalue weighted by atomic mass is 9.89. The normalized spacial score (nSPS) is 14.2. The summed E-state index contributed by atoms with van der Waals surface area (Å²) in [6.45, 7) is 1.37. The first-order chi connectivity index (χ1) is 17.1. The molecule has 0 saturated carbocycles. The van der Waals surface area contributed by atoms with Crippen molar-refractivity contribution < 1.29 is 19.4 Å². The second-order valence-corrected chi connectivity index (χ2v) is 8.80. The number of carbonyl (C=O) groups is 1. The van der Waals surface area contributed by atoms with Crippen molar-refractivity contribution in [3.8, 4) is 28.5 Å². The number of ether oxygens (including phenoxy) is 2. The molecule has 1 amide bonds. The molecule has 0 aliphatic carbocycles. The average molecular weight is 469 g/mol. The van der Waals surface area contributed by atoms with Crippen molar-refractivity contribution in [2.24, 2.45) is 0 Å². The van der Waals surface area contributed by atoms with Gasteiger partial charge in [-0.3, -0.25) is 4.79 Å². The fraction of sp³-hybridized carbons (Fsp3) is 0.241. The Morgan fingerprint density at radius 3 is 2.34 bits per heavy atom. The third-order valence-corrected chi connectivity index (χ3v) is 6.77. The molecule has 1 aromatic heterocycles. The SMILES string of the molecule is COc1ccc(-c2cc(C(=O)N3CCC(c4ccc(O)cc4)CC3)c3ccccc3n2)cc1OC. The molecule has 6 heteroatoms. The van der Waals surface area contributed by atoms with Gasteiger partial charge in [-0.2, -0.15) is 0 Å². The summed E-state index contributed by atoms with van der Waals surface area (Å²) in [7, 11) is 3.21. The van der Waals surface area contributed by atoms with Crippen LogP contribution in [0.15, 0.2) is 72.8 Å². The van der Waals surface area contributed by atoms with Crippen LogP contribution in [0.4, 0.5) is 0 Å². The monoisotopic (exact) mass is 468 g/mol. The summed E-state index contributed by atoms with van der Waals surface area (Å²) < 4.78 is 10.8. The maximum absolute atomic E-state index is 13.7. The second kappa shape index (κ2) is 9.66. The Balaban J connectivity index is 1.45. The van der Waals surface area contributed by atoms with Gasteiger partial charge in [-0.1, -0.05) is 30.3 Å². The fourth-order valence-electron chi connectivity index (χ4n) is 4.83. The van der Waals surface area contributed by atoms with Crippen molar-refractivity contribution in [1.29, 1.82) is 0 Å². The van der Waals surface area contributed by atoms with E-state index in [0.717, 1.165) is 29.3 Å². The smallest absolute Gasteiger partial charge is 0.254 e. The van der Waals surface area contributed by atoms with E-state index in [1.54, 1.807) is 26.4 Å². The van der Waals surface area contributed by atoms with E-state index in [4.69, 9.17) is 14.5 Å². The van der Waals surface area contributed by atoms with Crippen molar-refractivity contribution >= 4 is 16.8 Å². The number of hydrogen-bond acceptors (Lipinski definition) is 5. The zero-order chi connectivity index (χ0) is 24.4. The molecule has 0 radical (unpaired) electrons. The first-order valence-electron chi connectivity index (χ1n) is 11.8. The summed E-state index contributed by atoms with van der Waals surface area (Å²) in [6, 6.07) is 22.7. The number of rotatable bonds is 5. The van der Waals surface area contributed by atoms with Gasteiger partial charge in [0.05, 0.1) is 31.0 Å². The number of likely N-dealkylation sites (tertiary alicyclic amines) is 1. The van der Waals surface area contributed by atoms with Gasteiger partial charge in [-0.15, -0.1) is 0 Å². The number of carbonyl (C=O) groups excluding carboxylic acids is 1. The molecule has 35 heavy (non-hydrogen) atoms. The van der Waals surface area contributed by atoms with Crippen LogP contribution in [0.2, 0.25) is 0 Å². The molecule has 1 aliphatic rings. The summed E-state index contributed by atoms with van der Waals surface area (Å²) >= 11 is 0. The number of phenolic OH excluding ortho intramolecular Hbond substituents is 1. The van der Waals surface area contributed by atoms with Crippen LogP contribution >= 0.6 is 0 Å². The number of para-hydroxylation sites is 1. The molecule has 0 spiro atoms. The number of amides is 1. The van der Waals surface area contributed by atoms with Crippen LogP contribution in [-0.2, 0) is 0 Å². The highest BCUT2D eigenvalue weighted by atomic mass is 16.5. The van der Waals surface area contributed by atoms with Crippen LogP contribution in [-0.4, -0.2) is 48.2 Å². The highest BCUT2D eigenvalue weighted by molar-refractivity contribution is 6.07. The van der Waals surface area contributed by atoms with Gasteiger partial charge in [0.15, 0.2) is 11.5 Å². The number of aromatic nitrogens is 1. The number of aromatic hydroxyl groups is 1. The maximum Gasteiger partial charge on any atom is 0.254 e. The topological polar surface area (TPSA) is 71.9 Å². The lowest BCUT2D eigenvalue weighted by molar-refractivity contribution is 0.0715. The predicted molar refractivity (Wildman–Crippen MR) is 136 cm³/mol. The van der Waals surface area contributed by atoms with Crippen molar-refractivity contribution in [2.75, 3.05) is 27.3 Å². The molecule has 1 N–H and O–H groups in total. The van der Waals surface area contributed by atoms with Gasteiger partial charge in [0.2, 0.25) is 0 Å². The minimum atomic E-state index is 0.0227. The van der Waals surface area contributed by atoms with E-state index in [2.05, 4.69) is 0 Å². The van der Waals surface area contributed by atoms with Gasteiger partial charge < -0.3 is 19.5 Å². The molecule has 1 saturated heterocycles. The average Bonchev–Trinajstić information content (AvgIpc) is 2.92. The minimum Gasteiger partial charge on any atom is -0.508 e. The lowest BCUT2D eigenvalue weighted by Gasteiger charge is -2.32. The third-order valence-electron chi connectivity index (χ3n) is 6.77. The molecular formula is C29H28N2O4. The summed E-state index contributed by atoms with van der Waals surface area (Å²) in [4.78, 5) is 20.5. The number of benzene rings is 3. The quantitative estimate of drug-likeness (QED) is 0.410. The molecule has 6 nitrogen and oxygen atoms in total. The van der Waals surface area contributed by atoms with Crippen molar-refractivity contribution in [2.45, 2.75) is 18.8 Å². The van der Waals surface area contributed by atoms with Crippen LogP contribution in [0.25, 0.3) is 22.2 Å². The number of nitrogens with zero attached hydrogens (tertiary/aromatic N) is 2. The van der Waals surface area contributed by atoms with E-state index >= 15 is 0 Å². The van der Waals surface area contributed by atoms with Crippen LogP contribution < -0.4 is 9.47 Å². The van der Waals surface area contributed by atoms with E-state index in [-0.39, 0.29) is 11.7 Å². The molecule has 0 bridgehead atoms. The molecular weight excluding hydrogens is 440 g/mol. The molecule has 4 aromatic rings. The van der Waals surface area contributed by atoms with E-state index in [1.807, 2.05) is 65.6 Å². The number of piperidine rings is 1. The number of phenols is 1. The number of hydrogen-bond donors (Lipinski definition) is 1. The van der Waals surface area contributed by atoms with Gasteiger partial charge >= 0.3 is 0 Å². The number of fused-ring (bicyclic) bond motifs is 1. The van der Waals surface area contributed by atoms with Crippen LogP contribution in [0.1, 0.15) is 34.7 Å². The van der Waals surface area contributed by atoms with Crippen molar-refractivity contribution in [3.05, 3.63) is 83.9 Å². The zero-order valence-corrected chi connectivity index (χ0v) is 19.9. The van der Waals surface area contributed by atoms with Crippen molar-refractivity contribution in [1.82, 2.24) is 9.88 Å². The highest BCUT2D eigenvalue weighted by Gasteiger charge is 2.26. The minimum absolute atomic E-state index is 0.0227. The Hall–Kier alpha value is -4.06. The van der Waals surface area contributed by atoms with Crippen LogP contribution in [0.3, 0.4) is 0 Å². The number of methoxy groups -OCH3 is 2. The van der Waals surface area contributed by atoms with Gasteiger partial charge in [-0.25, -0.2) is 4.98 Å². The molecule has 5 rings (SSSR count). The predicted octanol–water partition coefficient (Wildman–Crippen LogP) is 5.64. The van der Waals surface area contributed by atoms with Gasteiger partial charge in [0.1, 0.15) is 5.75 Å². The van der Waals surface area contributed by atoms with Crippen molar-refractivity contribution in [3.63, 3.8) is 0 Å². The number of pyridine rings is 1. The Bertz CT molecular complexity index is 1360. The second-order valence-electron chi connectivity index (χ2n) is 8.80. The maximum atomic E-state index is 13.7.